The van der Waals surface area contributed by atoms with E-state index < -0.39 is 0 Å². The average molecular weight is 355 g/mol. The molecule has 1 aliphatic heterocycles. The topological polar surface area (TPSA) is 47.5 Å². The van der Waals surface area contributed by atoms with E-state index in [1.54, 1.807) is 14.2 Å². The Bertz CT molecular complexity index is 675. The van der Waals surface area contributed by atoms with Gasteiger partial charge in [0.05, 0.1) is 12.7 Å². The van der Waals surface area contributed by atoms with Crippen molar-refractivity contribution in [2.24, 2.45) is 0 Å². The van der Waals surface area contributed by atoms with Crippen molar-refractivity contribution in [1.29, 1.82) is 0 Å². The number of benzene rings is 1. The van der Waals surface area contributed by atoms with Crippen LogP contribution in [0.4, 0.5) is 0 Å². The maximum atomic E-state index is 5.41. The number of methoxy groups -OCH3 is 2. The monoisotopic (exact) mass is 355 g/mol. The van der Waals surface area contributed by atoms with Gasteiger partial charge in [-0.2, -0.15) is 0 Å². The second-order valence-corrected chi connectivity index (χ2v) is 6.87. The molecule has 0 N–H and O–H groups in total. The lowest BCUT2D eigenvalue weighted by atomic mass is 9.97. The summed E-state index contributed by atoms with van der Waals surface area (Å²) in [7, 11) is 3.45. The third kappa shape index (κ3) is 4.80. The van der Waals surface area contributed by atoms with Crippen LogP contribution in [0.5, 0.6) is 5.75 Å². The zero-order valence-corrected chi connectivity index (χ0v) is 15.9. The summed E-state index contributed by atoms with van der Waals surface area (Å²) in [6, 6.07) is 8.51. The van der Waals surface area contributed by atoms with E-state index in [9.17, 15) is 0 Å². The Balaban J connectivity index is 1.66. The predicted octanol–water partition coefficient (Wildman–Crippen LogP) is 3.93. The van der Waals surface area contributed by atoms with Crippen molar-refractivity contribution >= 4 is 0 Å². The Morgan fingerprint density at radius 2 is 1.92 bits per heavy atom. The molecule has 0 radical (unpaired) electrons. The Kier molecular flexibility index (Phi) is 6.97. The molecule has 0 bridgehead atoms. The van der Waals surface area contributed by atoms with Crippen LogP contribution in [0.15, 0.2) is 36.7 Å². The summed E-state index contributed by atoms with van der Waals surface area (Å²) in [6.45, 7) is 2.93. The third-order valence-corrected chi connectivity index (χ3v) is 5.07. The van der Waals surface area contributed by atoms with Gasteiger partial charge < -0.3 is 9.47 Å². The molecule has 1 aliphatic rings. The van der Waals surface area contributed by atoms with Crippen LogP contribution in [0, 0.1) is 0 Å². The van der Waals surface area contributed by atoms with Crippen molar-refractivity contribution in [3.63, 3.8) is 0 Å². The molecule has 1 fully saturated rings. The van der Waals surface area contributed by atoms with Gasteiger partial charge >= 0.3 is 0 Å². The fraction of sp³-hybridized carbons (Fsp3) is 0.524. The first-order valence-corrected chi connectivity index (χ1v) is 9.49. The standard InChI is InChI=1S/C21H29N3O2/c1-25-13-7-9-18-8-5-6-12-24(18)16-17-14-22-21(23-15-17)19-10-3-4-11-20(19)26-2/h3-4,10-11,14-15,18H,5-9,12-13,16H2,1-2H3/t18-/m1/s1. The zero-order valence-electron chi connectivity index (χ0n) is 15.9. The van der Waals surface area contributed by atoms with Crippen molar-refractivity contribution in [2.75, 3.05) is 27.4 Å². The minimum Gasteiger partial charge on any atom is -0.496 e. The quantitative estimate of drug-likeness (QED) is 0.672. The molecule has 5 heteroatoms. The average Bonchev–Trinajstić information content (AvgIpc) is 2.70. The minimum absolute atomic E-state index is 0.646. The van der Waals surface area contributed by atoms with Crippen LogP contribution < -0.4 is 4.74 Å². The molecule has 2 heterocycles. The Labute approximate surface area is 156 Å². The van der Waals surface area contributed by atoms with E-state index in [2.05, 4.69) is 14.9 Å². The van der Waals surface area contributed by atoms with Crippen molar-refractivity contribution in [2.45, 2.75) is 44.7 Å². The highest BCUT2D eigenvalue weighted by Crippen LogP contribution is 2.27. The molecule has 2 aromatic rings. The molecule has 26 heavy (non-hydrogen) atoms. The molecule has 5 nitrogen and oxygen atoms in total. The van der Waals surface area contributed by atoms with Gasteiger partial charge in [-0.25, -0.2) is 9.97 Å². The number of hydrogen-bond acceptors (Lipinski definition) is 5. The number of likely N-dealkylation sites (tertiary alicyclic amines) is 1. The minimum atomic E-state index is 0.646. The third-order valence-electron chi connectivity index (χ3n) is 5.07. The molecule has 0 amide bonds. The molecule has 3 rings (SSSR count). The van der Waals surface area contributed by atoms with Crippen LogP contribution in [0.25, 0.3) is 11.4 Å². The summed E-state index contributed by atoms with van der Waals surface area (Å²) in [5.74, 6) is 1.51. The van der Waals surface area contributed by atoms with Gasteiger partial charge in [0.1, 0.15) is 5.75 Å². The van der Waals surface area contributed by atoms with Gasteiger partial charge in [-0.1, -0.05) is 18.6 Å². The van der Waals surface area contributed by atoms with Crippen LogP contribution in [0.2, 0.25) is 0 Å². The van der Waals surface area contributed by atoms with E-state index in [4.69, 9.17) is 9.47 Å². The maximum Gasteiger partial charge on any atom is 0.162 e. The Morgan fingerprint density at radius 1 is 1.12 bits per heavy atom. The van der Waals surface area contributed by atoms with Gasteiger partial charge in [0.2, 0.25) is 0 Å². The highest BCUT2D eigenvalue weighted by Gasteiger charge is 2.22. The van der Waals surface area contributed by atoms with Crippen LogP contribution in [0.1, 0.15) is 37.7 Å². The summed E-state index contributed by atoms with van der Waals surface area (Å²) < 4.78 is 10.6. The first kappa shape index (κ1) is 18.8. The van der Waals surface area contributed by atoms with Gasteiger partial charge in [0.15, 0.2) is 5.82 Å². The van der Waals surface area contributed by atoms with E-state index in [1.807, 2.05) is 36.7 Å². The smallest absolute Gasteiger partial charge is 0.162 e. The van der Waals surface area contributed by atoms with Crippen LogP contribution >= 0.6 is 0 Å². The maximum absolute atomic E-state index is 5.41. The van der Waals surface area contributed by atoms with E-state index in [-0.39, 0.29) is 0 Å². The molecule has 1 atom stereocenters. The molecule has 0 aliphatic carbocycles. The second-order valence-electron chi connectivity index (χ2n) is 6.87. The largest absolute Gasteiger partial charge is 0.496 e. The summed E-state index contributed by atoms with van der Waals surface area (Å²) in [6.07, 6.45) is 10.1. The fourth-order valence-corrected chi connectivity index (χ4v) is 3.70. The number of nitrogens with zero attached hydrogens (tertiary/aromatic N) is 3. The fourth-order valence-electron chi connectivity index (χ4n) is 3.70. The molecule has 0 unspecified atom stereocenters. The molecule has 0 saturated carbocycles. The predicted molar refractivity (Wildman–Crippen MR) is 103 cm³/mol. The summed E-state index contributed by atoms with van der Waals surface area (Å²) >= 11 is 0. The van der Waals surface area contributed by atoms with Crippen molar-refractivity contribution in [1.82, 2.24) is 14.9 Å². The number of piperidine rings is 1. The van der Waals surface area contributed by atoms with Crippen LogP contribution in [0.3, 0.4) is 0 Å². The normalized spacial score (nSPS) is 18.0. The number of rotatable bonds is 8. The van der Waals surface area contributed by atoms with Gasteiger partial charge in [-0.15, -0.1) is 0 Å². The summed E-state index contributed by atoms with van der Waals surface area (Å²) in [4.78, 5) is 11.8. The lowest BCUT2D eigenvalue weighted by molar-refractivity contribution is 0.116. The first-order valence-electron chi connectivity index (χ1n) is 9.49. The number of ether oxygens (including phenoxy) is 2. The highest BCUT2D eigenvalue weighted by atomic mass is 16.5. The summed E-state index contributed by atoms with van der Waals surface area (Å²) in [5.41, 5.74) is 2.10. The van der Waals surface area contributed by atoms with E-state index in [0.29, 0.717) is 11.9 Å². The number of para-hydroxylation sites is 1. The van der Waals surface area contributed by atoms with Gasteiger partial charge in [0, 0.05) is 44.3 Å². The molecule has 0 spiro atoms. The molecule has 140 valence electrons. The first-order chi connectivity index (χ1) is 12.8. The van der Waals surface area contributed by atoms with E-state index >= 15 is 0 Å². The second kappa shape index (κ2) is 9.64. The highest BCUT2D eigenvalue weighted by molar-refractivity contribution is 5.63. The zero-order chi connectivity index (χ0) is 18.2. The van der Waals surface area contributed by atoms with Crippen molar-refractivity contribution < 1.29 is 9.47 Å². The van der Waals surface area contributed by atoms with E-state index in [1.165, 1.54) is 31.2 Å². The van der Waals surface area contributed by atoms with Crippen LogP contribution in [-0.4, -0.2) is 48.3 Å². The van der Waals surface area contributed by atoms with E-state index in [0.717, 1.165) is 37.4 Å². The lowest BCUT2D eigenvalue weighted by Crippen LogP contribution is -2.39. The van der Waals surface area contributed by atoms with Crippen molar-refractivity contribution in [3.8, 4) is 17.1 Å². The van der Waals surface area contributed by atoms with Gasteiger partial charge in [-0.3, -0.25) is 4.90 Å². The SMILES string of the molecule is COCCC[C@H]1CCCCN1Cc1cnc(-c2ccccc2OC)nc1. The molecular formula is C21H29N3O2. The molecule has 1 aromatic heterocycles. The van der Waals surface area contributed by atoms with Gasteiger partial charge in [0.25, 0.3) is 0 Å². The molecular weight excluding hydrogens is 326 g/mol. The molecule has 1 aromatic carbocycles. The lowest BCUT2D eigenvalue weighted by Gasteiger charge is -2.35. The van der Waals surface area contributed by atoms with Crippen LogP contribution in [-0.2, 0) is 11.3 Å². The van der Waals surface area contributed by atoms with Gasteiger partial charge in [-0.05, 0) is 44.4 Å². The summed E-state index contributed by atoms with van der Waals surface area (Å²) in [5, 5.41) is 0. The number of aromatic nitrogens is 2. The Morgan fingerprint density at radius 3 is 2.69 bits per heavy atom. The Hall–Kier alpha value is -1.98. The molecule has 1 saturated heterocycles. The van der Waals surface area contributed by atoms with Crippen molar-refractivity contribution in [3.05, 3.63) is 42.2 Å². The number of hydrogen-bond donors (Lipinski definition) is 0.